The molecule has 0 aliphatic carbocycles. The summed E-state index contributed by atoms with van der Waals surface area (Å²) >= 11 is 0. The molecule has 2 aromatic carbocycles. The molecule has 3 aromatic rings. The molecule has 0 unspecified atom stereocenters. The summed E-state index contributed by atoms with van der Waals surface area (Å²) < 4.78 is 11.2. The second-order valence-electron chi connectivity index (χ2n) is 6.36. The van der Waals surface area contributed by atoms with E-state index in [4.69, 9.17) is 9.15 Å². The third kappa shape index (κ3) is 3.61. The topological polar surface area (TPSA) is 74.9 Å². The number of para-hydroxylation sites is 1. The Morgan fingerprint density at radius 1 is 1.12 bits per heavy atom. The van der Waals surface area contributed by atoms with Crippen molar-refractivity contribution >= 4 is 16.9 Å². The van der Waals surface area contributed by atoms with Crippen molar-refractivity contribution < 1.29 is 19.1 Å². The molecular formula is C21H20NO4-. The normalized spacial score (nSPS) is 13.2. The SMILES string of the molecule is COc1ccc(-c2cc(=N[C@H](C(=O)[O-])C(C)C)c3ccccc3o2)cc1. The van der Waals surface area contributed by atoms with Crippen molar-refractivity contribution in [3.63, 3.8) is 0 Å². The van der Waals surface area contributed by atoms with Crippen LogP contribution in [0, 0.1) is 5.92 Å². The van der Waals surface area contributed by atoms with Gasteiger partial charge in [-0.3, -0.25) is 4.99 Å². The molecule has 1 heterocycles. The largest absolute Gasteiger partial charge is 0.548 e. The maximum atomic E-state index is 11.5. The quantitative estimate of drug-likeness (QED) is 0.709. The average Bonchev–Trinajstić information content (AvgIpc) is 2.65. The van der Waals surface area contributed by atoms with Crippen LogP contribution in [0.3, 0.4) is 0 Å². The zero-order chi connectivity index (χ0) is 18.7. The molecule has 0 saturated heterocycles. The number of benzene rings is 2. The number of methoxy groups -OCH3 is 1. The van der Waals surface area contributed by atoms with Crippen molar-refractivity contribution in [2.24, 2.45) is 10.9 Å². The first-order valence-corrected chi connectivity index (χ1v) is 8.41. The van der Waals surface area contributed by atoms with Crippen molar-refractivity contribution in [1.82, 2.24) is 0 Å². The number of carboxylic acid groups (broad SMARTS) is 1. The Morgan fingerprint density at radius 3 is 2.42 bits per heavy atom. The van der Waals surface area contributed by atoms with Crippen LogP contribution in [0.4, 0.5) is 0 Å². The summed E-state index contributed by atoms with van der Waals surface area (Å²) in [5, 5.41) is 12.8. The van der Waals surface area contributed by atoms with E-state index in [-0.39, 0.29) is 5.92 Å². The smallest absolute Gasteiger partial charge is 0.136 e. The molecule has 3 rings (SSSR count). The molecule has 26 heavy (non-hydrogen) atoms. The average molecular weight is 350 g/mol. The summed E-state index contributed by atoms with van der Waals surface area (Å²) in [5.74, 6) is -0.0153. The van der Waals surface area contributed by atoms with E-state index in [1.807, 2.05) is 62.4 Å². The maximum Gasteiger partial charge on any atom is 0.136 e. The van der Waals surface area contributed by atoms with Gasteiger partial charge in [-0.15, -0.1) is 0 Å². The van der Waals surface area contributed by atoms with Gasteiger partial charge in [0.1, 0.15) is 17.1 Å². The number of carbonyl (C=O) groups is 1. The monoisotopic (exact) mass is 350 g/mol. The standard InChI is InChI=1S/C21H21NO4/c1-13(2)20(21(23)24)22-17-12-19(14-8-10-15(25-3)11-9-14)26-18-7-5-4-6-16(17)18/h4-13,20H,1-3H3,(H,23,24)/p-1/t20-/m0/s1. The number of nitrogens with zero attached hydrogens (tertiary/aromatic N) is 1. The van der Waals surface area contributed by atoms with Gasteiger partial charge < -0.3 is 19.1 Å². The van der Waals surface area contributed by atoms with E-state index in [1.165, 1.54) is 0 Å². The number of fused-ring (bicyclic) bond motifs is 1. The number of ether oxygens (including phenoxy) is 1. The number of hydrogen-bond acceptors (Lipinski definition) is 5. The summed E-state index contributed by atoms with van der Waals surface area (Å²) in [4.78, 5) is 15.9. The first-order valence-electron chi connectivity index (χ1n) is 8.41. The molecule has 0 aliphatic rings. The number of rotatable bonds is 5. The van der Waals surface area contributed by atoms with Crippen molar-refractivity contribution in [3.8, 4) is 17.1 Å². The highest BCUT2D eigenvalue weighted by atomic mass is 16.5. The lowest BCUT2D eigenvalue weighted by molar-refractivity contribution is -0.308. The van der Waals surface area contributed by atoms with Gasteiger partial charge in [0, 0.05) is 17.0 Å². The van der Waals surface area contributed by atoms with Crippen LogP contribution in [-0.4, -0.2) is 19.1 Å². The first-order chi connectivity index (χ1) is 12.5. The molecule has 5 heteroatoms. The van der Waals surface area contributed by atoms with Crippen molar-refractivity contribution in [2.75, 3.05) is 7.11 Å². The summed E-state index contributed by atoms with van der Waals surface area (Å²) in [5.41, 5.74) is 1.49. The molecular weight excluding hydrogens is 330 g/mol. The summed E-state index contributed by atoms with van der Waals surface area (Å²) in [6, 6.07) is 15.7. The lowest BCUT2D eigenvalue weighted by Crippen LogP contribution is -2.39. The molecule has 1 aromatic heterocycles. The molecule has 0 fully saturated rings. The molecule has 0 N–H and O–H groups in total. The Bertz CT molecular complexity index is 987. The highest BCUT2D eigenvalue weighted by Crippen LogP contribution is 2.24. The molecule has 0 bridgehead atoms. The minimum absolute atomic E-state index is 0.180. The van der Waals surface area contributed by atoms with E-state index >= 15 is 0 Å². The van der Waals surface area contributed by atoms with E-state index in [0.717, 1.165) is 16.7 Å². The second-order valence-corrected chi connectivity index (χ2v) is 6.36. The van der Waals surface area contributed by atoms with Gasteiger partial charge >= 0.3 is 0 Å². The fourth-order valence-electron chi connectivity index (χ4n) is 2.75. The minimum atomic E-state index is -1.18. The van der Waals surface area contributed by atoms with Crippen molar-refractivity contribution in [2.45, 2.75) is 19.9 Å². The fraction of sp³-hybridized carbons (Fsp3) is 0.238. The highest BCUT2D eigenvalue weighted by molar-refractivity contribution is 5.79. The van der Waals surface area contributed by atoms with Crippen molar-refractivity contribution in [1.29, 1.82) is 0 Å². The zero-order valence-corrected chi connectivity index (χ0v) is 14.9. The Kier molecular flexibility index (Phi) is 5.07. The van der Waals surface area contributed by atoms with Gasteiger partial charge in [0.2, 0.25) is 0 Å². The van der Waals surface area contributed by atoms with Crippen LogP contribution < -0.4 is 15.2 Å². The second kappa shape index (κ2) is 7.44. The predicted molar refractivity (Wildman–Crippen MR) is 97.4 cm³/mol. The minimum Gasteiger partial charge on any atom is -0.548 e. The number of aliphatic carboxylic acids is 1. The van der Waals surface area contributed by atoms with Crippen LogP contribution in [-0.2, 0) is 4.79 Å². The van der Waals surface area contributed by atoms with Crippen LogP contribution in [0.2, 0.25) is 0 Å². The Morgan fingerprint density at radius 2 is 1.81 bits per heavy atom. The van der Waals surface area contributed by atoms with Gasteiger partial charge in [-0.2, -0.15) is 0 Å². The van der Waals surface area contributed by atoms with Crippen LogP contribution in [0.1, 0.15) is 13.8 Å². The van der Waals surface area contributed by atoms with E-state index in [9.17, 15) is 9.90 Å². The molecule has 0 radical (unpaired) electrons. The highest BCUT2D eigenvalue weighted by Gasteiger charge is 2.14. The molecule has 0 spiro atoms. The molecule has 5 nitrogen and oxygen atoms in total. The van der Waals surface area contributed by atoms with Gasteiger partial charge in [0.25, 0.3) is 0 Å². The third-order valence-corrected chi connectivity index (χ3v) is 4.18. The van der Waals surface area contributed by atoms with Crippen molar-refractivity contribution in [3.05, 3.63) is 60.0 Å². The van der Waals surface area contributed by atoms with E-state index < -0.39 is 12.0 Å². The van der Waals surface area contributed by atoms with Crippen LogP contribution >= 0.6 is 0 Å². The molecule has 134 valence electrons. The molecule has 1 atom stereocenters. The van der Waals surface area contributed by atoms with Crippen LogP contribution in [0.5, 0.6) is 5.75 Å². The molecule has 0 saturated carbocycles. The number of carbonyl (C=O) groups excluding carboxylic acids is 1. The summed E-state index contributed by atoms with van der Waals surface area (Å²) in [7, 11) is 1.61. The summed E-state index contributed by atoms with van der Waals surface area (Å²) in [6.45, 7) is 3.62. The number of carboxylic acids is 1. The first kappa shape index (κ1) is 17.7. The third-order valence-electron chi connectivity index (χ3n) is 4.18. The molecule has 0 aliphatic heterocycles. The van der Waals surface area contributed by atoms with E-state index in [0.29, 0.717) is 16.7 Å². The lowest BCUT2D eigenvalue weighted by atomic mass is 10.1. The van der Waals surface area contributed by atoms with Crippen LogP contribution in [0.15, 0.2) is 64.0 Å². The lowest BCUT2D eigenvalue weighted by Gasteiger charge is -2.17. The van der Waals surface area contributed by atoms with Gasteiger partial charge in [-0.05, 0) is 42.3 Å². The van der Waals surface area contributed by atoms with E-state index in [1.54, 1.807) is 13.2 Å². The molecule has 0 amide bonds. The van der Waals surface area contributed by atoms with Gasteiger partial charge in [-0.25, -0.2) is 0 Å². The predicted octanol–water partition coefficient (Wildman–Crippen LogP) is 2.78. The van der Waals surface area contributed by atoms with Gasteiger partial charge in [-0.1, -0.05) is 26.0 Å². The number of hydrogen-bond donors (Lipinski definition) is 0. The zero-order valence-electron chi connectivity index (χ0n) is 14.9. The Hall–Kier alpha value is -3.08. The van der Waals surface area contributed by atoms with Gasteiger partial charge in [0.05, 0.1) is 24.5 Å². The Labute approximate surface area is 151 Å². The van der Waals surface area contributed by atoms with Gasteiger partial charge in [0.15, 0.2) is 0 Å². The van der Waals surface area contributed by atoms with E-state index in [2.05, 4.69) is 4.99 Å². The fourth-order valence-corrected chi connectivity index (χ4v) is 2.75. The summed E-state index contributed by atoms with van der Waals surface area (Å²) in [6.07, 6.45) is 0. The van der Waals surface area contributed by atoms with Crippen LogP contribution in [0.25, 0.3) is 22.3 Å². The maximum absolute atomic E-state index is 11.5. The Balaban J connectivity index is 2.22.